The number of hydrogen-bond acceptors (Lipinski definition) is 3. The van der Waals surface area contributed by atoms with E-state index in [0.29, 0.717) is 32.5 Å². The normalized spacial score (nSPS) is 16.5. The van der Waals surface area contributed by atoms with Crippen molar-refractivity contribution in [2.24, 2.45) is 11.8 Å². The van der Waals surface area contributed by atoms with Crippen molar-refractivity contribution in [3.63, 3.8) is 0 Å². The Labute approximate surface area is 147 Å². The van der Waals surface area contributed by atoms with Crippen molar-refractivity contribution >= 4 is 22.6 Å². The number of carbonyl (C=O) groups is 2. The molecule has 1 aliphatic heterocycles. The van der Waals surface area contributed by atoms with E-state index in [4.69, 9.17) is 4.74 Å². The molecule has 1 atom stereocenters. The number of ether oxygens (including phenoxy) is 1. The zero-order valence-corrected chi connectivity index (χ0v) is 14.1. The lowest BCUT2D eigenvalue weighted by Gasteiger charge is -2.22. The Balaban J connectivity index is 1.62. The number of aliphatic carboxylic acids is 1. The monoisotopic (exact) mass is 341 g/mol. The lowest BCUT2D eigenvalue weighted by atomic mass is 9.96. The first-order valence-corrected chi connectivity index (χ1v) is 8.69. The molecule has 1 aliphatic rings. The molecule has 1 amide bonds. The fourth-order valence-electron chi connectivity index (χ4n) is 3.22. The van der Waals surface area contributed by atoms with Crippen molar-refractivity contribution in [1.82, 2.24) is 5.32 Å². The molecule has 5 nitrogen and oxygen atoms in total. The molecule has 3 rings (SSSR count). The zero-order chi connectivity index (χ0) is 17.6. The van der Waals surface area contributed by atoms with Gasteiger partial charge in [-0.3, -0.25) is 9.59 Å². The Kier molecular flexibility index (Phi) is 5.66. The van der Waals surface area contributed by atoms with Crippen LogP contribution in [0.2, 0.25) is 0 Å². The summed E-state index contributed by atoms with van der Waals surface area (Å²) >= 11 is 0. The standard InChI is InChI=1S/C20H23NO4/c22-19(16-7-9-25-10-8-16)21-13-18(20(23)24)12-14-5-6-15-3-1-2-4-17(15)11-14/h1-6,11,16,18H,7-10,12-13H2,(H,21,22)(H,23,24). The van der Waals surface area contributed by atoms with E-state index in [9.17, 15) is 14.7 Å². The summed E-state index contributed by atoms with van der Waals surface area (Å²) in [5, 5.41) is 14.5. The Morgan fingerprint density at radius 3 is 2.56 bits per heavy atom. The molecule has 0 saturated carbocycles. The van der Waals surface area contributed by atoms with Gasteiger partial charge in [-0.2, -0.15) is 0 Å². The summed E-state index contributed by atoms with van der Waals surface area (Å²) in [6.45, 7) is 1.34. The van der Waals surface area contributed by atoms with Gasteiger partial charge in [0, 0.05) is 25.7 Å². The van der Waals surface area contributed by atoms with Crippen LogP contribution in [-0.4, -0.2) is 36.7 Å². The fourth-order valence-corrected chi connectivity index (χ4v) is 3.22. The summed E-state index contributed by atoms with van der Waals surface area (Å²) in [6, 6.07) is 14.0. The maximum absolute atomic E-state index is 12.2. The van der Waals surface area contributed by atoms with Crippen LogP contribution in [0.15, 0.2) is 42.5 Å². The third-order valence-corrected chi connectivity index (χ3v) is 4.76. The smallest absolute Gasteiger partial charge is 0.308 e. The third-order valence-electron chi connectivity index (χ3n) is 4.76. The summed E-state index contributed by atoms with van der Waals surface area (Å²) in [7, 11) is 0. The van der Waals surface area contributed by atoms with Crippen LogP contribution in [0, 0.1) is 11.8 Å². The summed E-state index contributed by atoms with van der Waals surface area (Å²) in [5.41, 5.74) is 0.964. The number of carbonyl (C=O) groups excluding carboxylic acids is 1. The molecular formula is C20H23NO4. The lowest BCUT2D eigenvalue weighted by Crippen LogP contribution is -2.39. The van der Waals surface area contributed by atoms with Gasteiger partial charge in [-0.05, 0) is 35.6 Å². The first kappa shape index (κ1) is 17.4. The Morgan fingerprint density at radius 2 is 1.84 bits per heavy atom. The minimum atomic E-state index is -0.888. The minimum absolute atomic E-state index is 0.0620. The van der Waals surface area contributed by atoms with Gasteiger partial charge in [0.05, 0.1) is 5.92 Å². The number of benzene rings is 2. The molecule has 1 heterocycles. The maximum Gasteiger partial charge on any atom is 0.308 e. The summed E-state index contributed by atoms with van der Waals surface area (Å²) in [4.78, 5) is 23.8. The topological polar surface area (TPSA) is 75.6 Å². The molecule has 132 valence electrons. The molecule has 25 heavy (non-hydrogen) atoms. The van der Waals surface area contributed by atoms with Crippen LogP contribution >= 0.6 is 0 Å². The highest BCUT2D eigenvalue weighted by Crippen LogP contribution is 2.19. The fraction of sp³-hybridized carbons (Fsp3) is 0.400. The number of fused-ring (bicyclic) bond motifs is 1. The molecule has 2 N–H and O–H groups in total. The van der Waals surface area contributed by atoms with Gasteiger partial charge in [0.15, 0.2) is 0 Å². The van der Waals surface area contributed by atoms with Gasteiger partial charge in [-0.25, -0.2) is 0 Å². The van der Waals surface area contributed by atoms with E-state index in [1.807, 2.05) is 42.5 Å². The van der Waals surface area contributed by atoms with Crippen molar-refractivity contribution in [2.75, 3.05) is 19.8 Å². The second kappa shape index (κ2) is 8.12. The molecule has 0 bridgehead atoms. The second-order valence-corrected chi connectivity index (χ2v) is 6.55. The van der Waals surface area contributed by atoms with Gasteiger partial charge < -0.3 is 15.2 Å². The molecule has 2 aromatic rings. The van der Waals surface area contributed by atoms with Crippen LogP contribution in [0.3, 0.4) is 0 Å². The van der Waals surface area contributed by atoms with Gasteiger partial charge in [-0.15, -0.1) is 0 Å². The second-order valence-electron chi connectivity index (χ2n) is 6.55. The number of nitrogens with one attached hydrogen (secondary N) is 1. The zero-order valence-electron chi connectivity index (χ0n) is 14.1. The Hall–Kier alpha value is -2.40. The van der Waals surface area contributed by atoms with Crippen LogP contribution in [-0.2, 0) is 20.7 Å². The van der Waals surface area contributed by atoms with E-state index in [2.05, 4.69) is 5.32 Å². The highest BCUT2D eigenvalue weighted by Gasteiger charge is 2.24. The first-order chi connectivity index (χ1) is 12.1. The van der Waals surface area contributed by atoms with Crippen molar-refractivity contribution in [3.05, 3.63) is 48.0 Å². The molecule has 1 unspecified atom stereocenters. The van der Waals surface area contributed by atoms with E-state index in [1.54, 1.807) is 0 Å². The average molecular weight is 341 g/mol. The van der Waals surface area contributed by atoms with Gasteiger partial charge >= 0.3 is 5.97 Å². The van der Waals surface area contributed by atoms with Crippen molar-refractivity contribution in [2.45, 2.75) is 19.3 Å². The number of carboxylic acids is 1. The van der Waals surface area contributed by atoms with Crippen molar-refractivity contribution in [3.8, 4) is 0 Å². The molecule has 0 spiro atoms. The molecule has 0 radical (unpaired) electrons. The van der Waals surface area contributed by atoms with Gasteiger partial charge in [-0.1, -0.05) is 42.5 Å². The summed E-state index contributed by atoms with van der Waals surface area (Å²) in [6.07, 6.45) is 1.80. The molecule has 0 aromatic heterocycles. The molecule has 5 heteroatoms. The minimum Gasteiger partial charge on any atom is -0.481 e. The highest BCUT2D eigenvalue weighted by atomic mass is 16.5. The summed E-state index contributed by atoms with van der Waals surface area (Å²) in [5.74, 6) is -1.65. The van der Waals surface area contributed by atoms with E-state index in [1.165, 1.54) is 0 Å². The van der Waals surface area contributed by atoms with Crippen LogP contribution < -0.4 is 5.32 Å². The van der Waals surface area contributed by atoms with Crippen molar-refractivity contribution < 1.29 is 19.4 Å². The van der Waals surface area contributed by atoms with Crippen molar-refractivity contribution in [1.29, 1.82) is 0 Å². The van der Waals surface area contributed by atoms with E-state index in [0.717, 1.165) is 16.3 Å². The molecule has 0 aliphatic carbocycles. The van der Waals surface area contributed by atoms with Crippen LogP contribution in [0.4, 0.5) is 0 Å². The Bertz CT molecular complexity index is 752. The summed E-state index contributed by atoms with van der Waals surface area (Å²) < 4.78 is 5.25. The molecule has 2 aromatic carbocycles. The van der Waals surface area contributed by atoms with Gasteiger partial charge in [0.25, 0.3) is 0 Å². The first-order valence-electron chi connectivity index (χ1n) is 8.69. The number of hydrogen-bond donors (Lipinski definition) is 2. The van der Waals surface area contributed by atoms with Crippen LogP contribution in [0.5, 0.6) is 0 Å². The predicted octanol–water partition coefficient (Wildman–Crippen LogP) is 2.63. The van der Waals surface area contributed by atoms with E-state index >= 15 is 0 Å². The Morgan fingerprint density at radius 1 is 1.12 bits per heavy atom. The van der Waals surface area contributed by atoms with Crippen LogP contribution in [0.25, 0.3) is 10.8 Å². The molecule has 1 saturated heterocycles. The lowest BCUT2D eigenvalue weighted by molar-refractivity contribution is -0.141. The average Bonchev–Trinajstić information content (AvgIpc) is 2.65. The molecule has 1 fully saturated rings. The largest absolute Gasteiger partial charge is 0.481 e. The van der Waals surface area contributed by atoms with Gasteiger partial charge in [0.1, 0.15) is 0 Å². The van der Waals surface area contributed by atoms with E-state index < -0.39 is 11.9 Å². The van der Waals surface area contributed by atoms with E-state index in [-0.39, 0.29) is 18.4 Å². The SMILES string of the molecule is O=C(O)C(CNC(=O)C1CCOCC1)Cc1ccc2ccccc2c1. The molecular weight excluding hydrogens is 318 g/mol. The quantitative estimate of drug-likeness (QED) is 0.847. The highest BCUT2D eigenvalue weighted by molar-refractivity contribution is 5.83. The maximum atomic E-state index is 12.2. The third kappa shape index (κ3) is 4.57. The van der Waals surface area contributed by atoms with Crippen LogP contribution in [0.1, 0.15) is 18.4 Å². The number of rotatable bonds is 6. The number of carboxylic acid groups (broad SMARTS) is 1. The predicted molar refractivity (Wildman–Crippen MR) is 95.3 cm³/mol. The number of amides is 1. The van der Waals surface area contributed by atoms with Gasteiger partial charge in [0.2, 0.25) is 5.91 Å².